The zero-order valence-electron chi connectivity index (χ0n) is 7.93. The van der Waals surface area contributed by atoms with Crippen molar-refractivity contribution in [2.45, 2.75) is 6.92 Å². The van der Waals surface area contributed by atoms with E-state index < -0.39 is 5.97 Å². The summed E-state index contributed by atoms with van der Waals surface area (Å²) < 4.78 is 5.40. The average molecular weight is 256 g/mol. The Morgan fingerprint density at radius 1 is 1.50 bits per heavy atom. The molecule has 0 unspecified atom stereocenters. The number of hydrogen-bond acceptors (Lipinski definition) is 3. The number of carbonyl (C=O) groups is 1. The normalized spacial score (nSPS) is 9.64. The van der Waals surface area contributed by atoms with Crippen molar-refractivity contribution in [2.24, 2.45) is 0 Å². The van der Waals surface area contributed by atoms with Crippen molar-refractivity contribution in [3.8, 4) is 0 Å². The van der Waals surface area contributed by atoms with Crippen molar-refractivity contribution >= 4 is 27.6 Å². The largest absolute Gasteiger partial charge is 0.464 e. The quantitative estimate of drug-likeness (QED) is 0.652. The molecule has 1 rings (SSSR count). The van der Waals surface area contributed by atoms with Crippen LogP contribution in [-0.4, -0.2) is 18.8 Å². The van der Waals surface area contributed by atoms with Gasteiger partial charge in [-0.05, 0) is 24.6 Å². The van der Waals surface area contributed by atoms with E-state index in [1.807, 2.05) is 13.0 Å². The molecular weight excluding hydrogens is 246 g/mol. The van der Waals surface area contributed by atoms with Crippen LogP contribution in [0, 0.1) is 12.3 Å². The molecule has 0 bridgehead atoms. The van der Waals surface area contributed by atoms with Crippen LogP contribution < -0.4 is 0 Å². The van der Waals surface area contributed by atoms with Crippen LogP contribution in [0.15, 0.2) is 22.7 Å². The summed E-state index contributed by atoms with van der Waals surface area (Å²) in [6.45, 7) is 1.84. The number of methoxy groups -OCH3 is 1. The molecular formula is C10H10BrNO2. The predicted molar refractivity (Wildman–Crippen MR) is 57.7 cm³/mol. The lowest BCUT2D eigenvalue weighted by Crippen LogP contribution is -2.16. The van der Waals surface area contributed by atoms with Gasteiger partial charge < -0.3 is 4.74 Å². The topological polar surface area (TPSA) is 50.2 Å². The van der Waals surface area contributed by atoms with Gasteiger partial charge in [0.1, 0.15) is 5.71 Å². The summed E-state index contributed by atoms with van der Waals surface area (Å²) in [5.74, 6) is -0.615. The Bertz CT molecular complexity index is 388. The van der Waals surface area contributed by atoms with Crippen molar-refractivity contribution in [1.82, 2.24) is 0 Å². The predicted octanol–water partition coefficient (Wildman–Crippen LogP) is 2.30. The zero-order valence-corrected chi connectivity index (χ0v) is 9.51. The van der Waals surface area contributed by atoms with Crippen LogP contribution in [0.5, 0.6) is 0 Å². The molecule has 74 valence electrons. The van der Waals surface area contributed by atoms with E-state index in [1.165, 1.54) is 7.11 Å². The van der Waals surface area contributed by atoms with Crippen LogP contribution >= 0.6 is 15.9 Å². The number of rotatable bonds is 2. The van der Waals surface area contributed by atoms with E-state index in [4.69, 9.17) is 5.41 Å². The van der Waals surface area contributed by atoms with Crippen LogP contribution in [0.3, 0.4) is 0 Å². The average Bonchev–Trinajstić information content (AvgIpc) is 2.15. The summed E-state index contributed by atoms with van der Waals surface area (Å²) in [6.07, 6.45) is 0. The molecule has 1 aromatic carbocycles. The lowest BCUT2D eigenvalue weighted by Gasteiger charge is -2.05. The first-order chi connectivity index (χ1) is 6.56. The van der Waals surface area contributed by atoms with E-state index in [1.54, 1.807) is 12.1 Å². The molecule has 0 atom stereocenters. The molecule has 0 aliphatic carbocycles. The molecule has 0 amide bonds. The number of ether oxygens (including phenoxy) is 1. The molecule has 0 aliphatic rings. The minimum atomic E-state index is -0.615. The van der Waals surface area contributed by atoms with Crippen molar-refractivity contribution < 1.29 is 9.53 Å². The van der Waals surface area contributed by atoms with Gasteiger partial charge in [-0.25, -0.2) is 4.79 Å². The maximum atomic E-state index is 11.1. The number of esters is 1. The van der Waals surface area contributed by atoms with Crippen LogP contribution in [-0.2, 0) is 9.53 Å². The van der Waals surface area contributed by atoms with Crippen LogP contribution in [0.25, 0.3) is 0 Å². The monoisotopic (exact) mass is 255 g/mol. The first-order valence-electron chi connectivity index (χ1n) is 3.99. The van der Waals surface area contributed by atoms with Crippen molar-refractivity contribution in [3.63, 3.8) is 0 Å². The summed E-state index contributed by atoms with van der Waals surface area (Å²) >= 11 is 3.31. The highest BCUT2D eigenvalue weighted by molar-refractivity contribution is 9.10. The smallest absolute Gasteiger partial charge is 0.356 e. The fourth-order valence-electron chi connectivity index (χ4n) is 1.12. The lowest BCUT2D eigenvalue weighted by atomic mass is 10.0. The molecule has 0 heterocycles. The van der Waals surface area contributed by atoms with Crippen molar-refractivity contribution in [1.29, 1.82) is 5.41 Å². The van der Waals surface area contributed by atoms with Gasteiger partial charge in [0.25, 0.3) is 0 Å². The van der Waals surface area contributed by atoms with E-state index in [0.717, 1.165) is 10.0 Å². The summed E-state index contributed by atoms with van der Waals surface area (Å²) in [7, 11) is 1.27. The summed E-state index contributed by atoms with van der Waals surface area (Å²) in [5.41, 5.74) is 1.35. The second-order valence-corrected chi connectivity index (χ2v) is 3.74. The van der Waals surface area contributed by atoms with Crippen LogP contribution in [0.4, 0.5) is 0 Å². The van der Waals surface area contributed by atoms with Crippen molar-refractivity contribution in [2.75, 3.05) is 7.11 Å². The third-order valence-electron chi connectivity index (χ3n) is 1.85. The standard InChI is InChI=1S/C10H10BrNO2/c1-6-5-7(11)3-4-8(6)9(12)10(13)14-2/h3-5,12H,1-2H3. The van der Waals surface area contributed by atoms with Gasteiger partial charge in [0.15, 0.2) is 0 Å². The van der Waals surface area contributed by atoms with Gasteiger partial charge in [0.2, 0.25) is 0 Å². The van der Waals surface area contributed by atoms with E-state index in [0.29, 0.717) is 5.56 Å². The molecule has 0 saturated heterocycles. The molecule has 0 aliphatic heterocycles. The third kappa shape index (κ3) is 2.20. The maximum Gasteiger partial charge on any atom is 0.356 e. The Labute approximate surface area is 90.7 Å². The van der Waals surface area contributed by atoms with Crippen LogP contribution in [0.1, 0.15) is 11.1 Å². The Kier molecular flexibility index (Phi) is 3.41. The molecule has 0 fully saturated rings. The van der Waals surface area contributed by atoms with E-state index >= 15 is 0 Å². The summed E-state index contributed by atoms with van der Waals surface area (Å²) in [5, 5.41) is 7.56. The number of carbonyl (C=O) groups excluding carboxylic acids is 1. The maximum absolute atomic E-state index is 11.1. The van der Waals surface area contributed by atoms with E-state index in [-0.39, 0.29) is 5.71 Å². The molecule has 1 aromatic rings. The molecule has 14 heavy (non-hydrogen) atoms. The number of nitrogens with one attached hydrogen (secondary N) is 1. The minimum absolute atomic E-state index is 0.113. The molecule has 0 radical (unpaired) electrons. The fourth-order valence-corrected chi connectivity index (χ4v) is 1.60. The number of aryl methyl sites for hydroxylation is 1. The molecule has 0 aromatic heterocycles. The van der Waals surface area contributed by atoms with Crippen LogP contribution in [0.2, 0.25) is 0 Å². The minimum Gasteiger partial charge on any atom is -0.464 e. The van der Waals surface area contributed by atoms with Gasteiger partial charge in [-0.15, -0.1) is 0 Å². The molecule has 3 nitrogen and oxygen atoms in total. The van der Waals surface area contributed by atoms with Gasteiger partial charge in [-0.3, -0.25) is 5.41 Å². The van der Waals surface area contributed by atoms with E-state index in [2.05, 4.69) is 20.7 Å². The Hall–Kier alpha value is -1.16. The molecule has 1 N–H and O–H groups in total. The molecule has 0 spiro atoms. The Morgan fingerprint density at radius 2 is 2.14 bits per heavy atom. The lowest BCUT2D eigenvalue weighted by molar-refractivity contribution is -0.132. The van der Waals surface area contributed by atoms with Gasteiger partial charge in [0, 0.05) is 10.0 Å². The first kappa shape index (κ1) is 10.9. The second-order valence-electron chi connectivity index (χ2n) is 2.83. The zero-order chi connectivity index (χ0) is 10.7. The Balaban J connectivity index is 3.08. The number of halogens is 1. The summed E-state index contributed by atoms with van der Waals surface area (Å²) in [6, 6.07) is 5.37. The third-order valence-corrected chi connectivity index (χ3v) is 2.34. The van der Waals surface area contributed by atoms with E-state index in [9.17, 15) is 4.79 Å². The molecule has 0 saturated carbocycles. The highest BCUT2D eigenvalue weighted by Crippen LogP contribution is 2.16. The molecule has 4 heteroatoms. The Morgan fingerprint density at radius 3 is 2.64 bits per heavy atom. The second kappa shape index (κ2) is 4.37. The van der Waals surface area contributed by atoms with Gasteiger partial charge in [-0.1, -0.05) is 22.0 Å². The van der Waals surface area contributed by atoms with Gasteiger partial charge >= 0.3 is 5.97 Å². The summed E-state index contributed by atoms with van der Waals surface area (Å²) in [4.78, 5) is 11.1. The number of hydrogen-bond donors (Lipinski definition) is 1. The van der Waals surface area contributed by atoms with Gasteiger partial charge in [-0.2, -0.15) is 0 Å². The fraction of sp³-hybridized carbons (Fsp3) is 0.200. The van der Waals surface area contributed by atoms with Crippen molar-refractivity contribution in [3.05, 3.63) is 33.8 Å². The first-order valence-corrected chi connectivity index (χ1v) is 4.79. The highest BCUT2D eigenvalue weighted by atomic mass is 79.9. The highest BCUT2D eigenvalue weighted by Gasteiger charge is 2.13. The van der Waals surface area contributed by atoms with Gasteiger partial charge in [0.05, 0.1) is 7.11 Å². The SMILES string of the molecule is COC(=O)C(=N)c1ccc(Br)cc1C. The number of benzene rings is 1.